The minimum Gasteiger partial charge on any atom is -0.347 e. The van der Waals surface area contributed by atoms with Gasteiger partial charge in [-0.1, -0.05) is 0 Å². The number of halogens is 2. The van der Waals surface area contributed by atoms with E-state index in [2.05, 4.69) is 15.3 Å². The molecule has 23 heavy (non-hydrogen) atoms. The number of rotatable bonds is 4. The molecule has 0 aromatic carbocycles. The fourth-order valence-corrected chi connectivity index (χ4v) is 3.55. The monoisotopic (exact) mass is 326 g/mol. The van der Waals surface area contributed by atoms with Crippen LogP contribution in [0.25, 0.3) is 0 Å². The van der Waals surface area contributed by atoms with E-state index in [1.54, 1.807) is 10.7 Å². The van der Waals surface area contributed by atoms with Crippen molar-refractivity contribution in [3.05, 3.63) is 17.5 Å². The highest BCUT2D eigenvalue weighted by atomic mass is 19.3. The first-order valence-electron chi connectivity index (χ1n) is 8.24. The average Bonchev–Trinajstić information content (AvgIpc) is 2.77. The molecule has 5 nitrogen and oxygen atoms in total. The van der Waals surface area contributed by atoms with Gasteiger partial charge < -0.3 is 10.2 Å². The van der Waals surface area contributed by atoms with E-state index in [1.807, 2.05) is 14.0 Å². The van der Waals surface area contributed by atoms with Crippen molar-refractivity contribution in [2.75, 3.05) is 19.6 Å². The second-order valence-corrected chi connectivity index (χ2v) is 7.00. The molecule has 2 fully saturated rings. The molecule has 1 aliphatic carbocycles. The molecule has 1 saturated carbocycles. The molecule has 7 heteroatoms. The zero-order valence-corrected chi connectivity index (χ0v) is 13.7. The Labute approximate surface area is 135 Å². The van der Waals surface area contributed by atoms with Crippen LogP contribution in [0.3, 0.4) is 0 Å². The number of carbonyl (C=O) groups is 1. The Morgan fingerprint density at radius 1 is 1.48 bits per heavy atom. The minimum absolute atomic E-state index is 0.00768. The van der Waals surface area contributed by atoms with Gasteiger partial charge in [-0.3, -0.25) is 9.48 Å². The molecular weight excluding hydrogens is 302 g/mol. The van der Waals surface area contributed by atoms with Crippen LogP contribution in [-0.4, -0.2) is 52.2 Å². The summed E-state index contributed by atoms with van der Waals surface area (Å²) in [6.07, 6.45) is 1.92. The van der Waals surface area contributed by atoms with Gasteiger partial charge >= 0.3 is 0 Å². The summed E-state index contributed by atoms with van der Waals surface area (Å²) >= 11 is 0. The van der Waals surface area contributed by atoms with Crippen LogP contribution in [0.1, 0.15) is 41.9 Å². The highest BCUT2D eigenvalue weighted by Crippen LogP contribution is 2.42. The second kappa shape index (κ2) is 6.19. The molecule has 0 spiro atoms. The van der Waals surface area contributed by atoms with Crippen molar-refractivity contribution in [2.45, 2.75) is 44.6 Å². The molecule has 0 bridgehead atoms. The van der Waals surface area contributed by atoms with Crippen molar-refractivity contribution in [2.24, 2.45) is 13.0 Å². The molecule has 1 saturated heterocycles. The third-order valence-corrected chi connectivity index (χ3v) is 4.88. The van der Waals surface area contributed by atoms with Crippen LogP contribution in [0, 0.1) is 12.8 Å². The van der Waals surface area contributed by atoms with E-state index in [9.17, 15) is 13.6 Å². The molecule has 3 rings (SSSR count). The SMILES string of the molecule is Cc1cc(C(=O)NC2CCCN(CC3CC(F)(F)C3)C2)nn1C. The van der Waals surface area contributed by atoms with Crippen LogP contribution < -0.4 is 5.32 Å². The van der Waals surface area contributed by atoms with Crippen LogP contribution in [0.2, 0.25) is 0 Å². The fraction of sp³-hybridized carbons (Fsp3) is 0.750. The van der Waals surface area contributed by atoms with Crippen molar-refractivity contribution >= 4 is 5.91 Å². The molecule has 1 N–H and O–H groups in total. The number of nitrogens with one attached hydrogen (secondary N) is 1. The molecule has 1 aromatic heterocycles. The lowest BCUT2D eigenvalue weighted by molar-refractivity contribution is -0.117. The number of alkyl halides is 2. The number of aryl methyl sites for hydroxylation is 2. The smallest absolute Gasteiger partial charge is 0.272 e. The Morgan fingerprint density at radius 3 is 2.83 bits per heavy atom. The Balaban J connectivity index is 1.49. The van der Waals surface area contributed by atoms with Gasteiger partial charge in [0.05, 0.1) is 0 Å². The predicted octanol–water partition coefficient (Wildman–Crippen LogP) is 1.97. The minimum atomic E-state index is -2.45. The highest BCUT2D eigenvalue weighted by Gasteiger charge is 2.45. The Morgan fingerprint density at radius 2 is 2.22 bits per heavy atom. The first kappa shape index (κ1) is 16.4. The van der Waals surface area contributed by atoms with E-state index in [0.29, 0.717) is 12.2 Å². The summed E-state index contributed by atoms with van der Waals surface area (Å²) in [6, 6.07) is 1.84. The first-order chi connectivity index (χ1) is 10.8. The van der Waals surface area contributed by atoms with Crippen LogP contribution in [0.4, 0.5) is 8.78 Å². The Bertz CT molecular complexity index is 559. The van der Waals surface area contributed by atoms with Crippen LogP contribution in [0.5, 0.6) is 0 Å². The Hall–Kier alpha value is -1.50. The van der Waals surface area contributed by atoms with Crippen molar-refractivity contribution in [1.82, 2.24) is 20.0 Å². The van der Waals surface area contributed by atoms with E-state index in [4.69, 9.17) is 0 Å². The number of nitrogens with zero attached hydrogens (tertiary/aromatic N) is 3. The normalized spacial score (nSPS) is 25.1. The van der Waals surface area contributed by atoms with E-state index in [-0.39, 0.29) is 30.7 Å². The van der Waals surface area contributed by atoms with E-state index in [1.165, 1.54) is 0 Å². The maximum atomic E-state index is 12.9. The molecule has 1 amide bonds. The molecule has 0 radical (unpaired) electrons. The molecule has 128 valence electrons. The lowest BCUT2D eigenvalue weighted by Gasteiger charge is -2.41. The summed E-state index contributed by atoms with van der Waals surface area (Å²) in [4.78, 5) is 14.5. The van der Waals surface area contributed by atoms with Crippen molar-refractivity contribution in [3.8, 4) is 0 Å². The molecule has 1 unspecified atom stereocenters. The van der Waals surface area contributed by atoms with Gasteiger partial charge in [0.2, 0.25) is 5.92 Å². The second-order valence-electron chi connectivity index (χ2n) is 7.00. The molecule has 2 aliphatic rings. The van der Waals surface area contributed by atoms with E-state index >= 15 is 0 Å². The van der Waals surface area contributed by atoms with Gasteiger partial charge in [-0.2, -0.15) is 5.10 Å². The number of carbonyl (C=O) groups excluding carboxylic acids is 1. The first-order valence-corrected chi connectivity index (χ1v) is 8.24. The molecule has 1 aliphatic heterocycles. The number of hydrogen-bond acceptors (Lipinski definition) is 3. The fourth-order valence-electron chi connectivity index (χ4n) is 3.55. The maximum Gasteiger partial charge on any atom is 0.272 e. The van der Waals surface area contributed by atoms with E-state index < -0.39 is 5.92 Å². The summed E-state index contributed by atoms with van der Waals surface area (Å²) in [5, 5.41) is 7.22. The third-order valence-electron chi connectivity index (χ3n) is 4.88. The Kier molecular flexibility index (Phi) is 4.40. The molecule has 1 atom stereocenters. The number of piperidine rings is 1. The standard InChI is InChI=1S/C16H24F2N4O/c1-11-6-14(20-21(11)2)15(23)19-13-4-3-5-22(10-13)9-12-7-16(17,18)8-12/h6,12-13H,3-5,7-10H2,1-2H3,(H,19,23). The van der Waals surface area contributed by atoms with Crippen molar-refractivity contribution < 1.29 is 13.6 Å². The van der Waals surface area contributed by atoms with Crippen LogP contribution in [0.15, 0.2) is 6.07 Å². The van der Waals surface area contributed by atoms with Crippen molar-refractivity contribution in [3.63, 3.8) is 0 Å². The maximum absolute atomic E-state index is 12.9. The van der Waals surface area contributed by atoms with Crippen LogP contribution >= 0.6 is 0 Å². The van der Waals surface area contributed by atoms with Crippen molar-refractivity contribution in [1.29, 1.82) is 0 Å². The van der Waals surface area contributed by atoms with E-state index in [0.717, 1.165) is 31.6 Å². The van der Waals surface area contributed by atoms with Crippen LogP contribution in [-0.2, 0) is 7.05 Å². The zero-order chi connectivity index (χ0) is 16.6. The summed E-state index contributed by atoms with van der Waals surface area (Å²) < 4.78 is 27.5. The van der Waals surface area contributed by atoms with Gasteiger partial charge in [0, 0.05) is 44.7 Å². The highest BCUT2D eigenvalue weighted by molar-refractivity contribution is 5.92. The average molecular weight is 326 g/mol. The lowest BCUT2D eigenvalue weighted by atomic mass is 9.80. The number of likely N-dealkylation sites (tertiary alicyclic amines) is 1. The van der Waals surface area contributed by atoms with Gasteiger partial charge in [-0.15, -0.1) is 0 Å². The molecular formula is C16H24F2N4O. The topological polar surface area (TPSA) is 50.2 Å². The van der Waals surface area contributed by atoms with Gasteiger partial charge in [0.25, 0.3) is 5.91 Å². The van der Waals surface area contributed by atoms with Gasteiger partial charge in [0.1, 0.15) is 5.69 Å². The third kappa shape index (κ3) is 3.88. The van der Waals surface area contributed by atoms with Gasteiger partial charge in [-0.25, -0.2) is 8.78 Å². The molecule has 2 heterocycles. The van der Waals surface area contributed by atoms with Gasteiger partial charge in [-0.05, 0) is 38.3 Å². The molecule has 1 aromatic rings. The lowest BCUT2D eigenvalue weighted by Crippen LogP contribution is -2.51. The summed E-state index contributed by atoms with van der Waals surface area (Å²) in [5.74, 6) is -2.51. The quantitative estimate of drug-likeness (QED) is 0.920. The summed E-state index contributed by atoms with van der Waals surface area (Å²) in [7, 11) is 1.81. The van der Waals surface area contributed by atoms with Gasteiger partial charge in [0.15, 0.2) is 0 Å². The summed E-state index contributed by atoms with van der Waals surface area (Å²) in [6.45, 7) is 4.28. The number of aromatic nitrogens is 2. The summed E-state index contributed by atoms with van der Waals surface area (Å²) in [5.41, 5.74) is 1.37. The largest absolute Gasteiger partial charge is 0.347 e. The predicted molar refractivity (Wildman–Crippen MR) is 82.5 cm³/mol. The number of amides is 1. The zero-order valence-electron chi connectivity index (χ0n) is 13.7. The number of hydrogen-bond donors (Lipinski definition) is 1.